The van der Waals surface area contributed by atoms with E-state index in [1.807, 2.05) is 38.1 Å². The first kappa shape index (κ1) is 22.7. The van der Waals surface area contributed by atoms with Gasteiger partial charge in [0.2, 0.25) is 5.91 Å². The highest BCUT2D eigenvalue weighted by molar-refractivity contribution is 5.82. The maximum Gasteiger partial charge on any atom is 0.220 e. The Morgan fingerprint density at radius 3 is 2.37 bits per heavy atom. The lowest BCUT2D eigenvalue weighted by atomic mass is 9.87. The van der Waals surface area contributed by atoms with E-state index in [1.54, 1.807) is 23.9 Å². The van der Waals surface area contributed by atoms with Crippen LogP contribution in [0.2, 0.25) is 0 Å². The van der Waals surface area contributed by atoms with Gasteiger partial charge in [-0.15, -0.1) is 0 Å². The number of ether oxygens (including phenoxy) is 1. The van der Waals surface area contributed by atoms with Crippen LogP contribution in [0, 0.1) is 5.92 Å². The van der Waals surface area contributed by atoms with E-state index in [2.05, 4.69) is 5.32 Å². The van der Waals surface area contributed by atoms with Crippen molar-refractivity contribution in [2.45, 2.75) is 69.9 Å². The van der Waals surface area contributed by atoms with Gasteiger partial charge in [-0.3, -0.25) is 4.79 Å². The van der Waals surface area contributed by atoms with Crippen molar-refractivity contribution in [3.8, 4) is 0 Å². The highest BCUT2D eigenvalue weighted by Gasteiger charge is 2.49. The van der Waals surface area contributed by atoms with E-state index in [1.165, 1.54) is 0 Å². The fourth-order valence-corrected chi connectivity index (χ4v) is 4.11. The average Bonchev–Trinajstić information content (AvgIpc) is 3.12. The lowest BCUT2D eigenvalue weighted by Crippen LogP contribution is -2.64. The topological polar surface area (TPSA) is 104 Å². The first-order valence-electron chi connectivity index (χ1n) is 10.3. The predicted octanol–water partition coefficient (Wildman–Crippen LogP) is 1.55. The molecule has 7 atom stereocenters. The molecule has 166 valence electrons. The fourth-order valence-electron chi connectivity index (χ4n) is 4.11. The van der Waals surface area contributed by atoms with Crippen LogP contribution < -0.4 is 5.32 Å². The molecule has 1 saturated heterocycles. The molecular formula is C22H31FN2O5. The maximum absolute atomic E-state index is 15.4. The van der Waals surface area contributed by atoms with Crippen LogP contribution in [-0.4, -0.2) is 69.0 Å². The van der Waals surface area contributed by atoms with E-state index in [0.717, 1.165) is 10.8 Å². The number of carbonyl (C=O) groups excluding carboxylic acids is 1. The fraction of sp³-hybridized carbons (Fsp3) is 0.591. The minimum absolute atomic E-state index is 0.0913. The summed E-state index contributed by atoms with van der Waals surface area (Å²) in [5.74, 6) is -0.202. The van der Waals surface area contributed by atoms with E-state index in [-0.39, 0.29) is 18.2 Å². The molecule has 2 heterocycles. The first-order chi connectivity index (χ1) is 14.2. The second-order valence-corrected chi connectivity index (χ2v) is 8.51. The summed E-state index contributed by atoms with van der Waals surface area (Å²) in [6.07, 6.45) is -2.59. The number of amides is 1. The van der Waals surface area contributed by atoms with Gasteiger partial charge < -0.3 is 29.9 Å². The summed E-state index contributed by atoms with van der Waals surface area (Å²) >= 11 is 0. The monoisotopic (exact) mass is 422 g/mol. The van der Waals surface area contributed by atoms with Gasteiger partial charge in [-0.05, 0) is 23.6 Å². The third kappa shape index (κ3) is 4.67. The van der Waals surface area contributed by atoms with Crippen LogP contribution in [0.3, 0.4) is 0 Å². The highest BCUT2D eigenvalue weighted by atomic mass is 19.1. The van der Waals surface area contributed by atoms with Crippen molar-refractivity contribution in [3.63, 3.8) is 0 Å². The number of halogens is 1. The van der Waals surface area contributed by atoms with Crippen molar-refractivity contribution < 1.29 is 29.2 Å². The van der Waals surface area contributed by atoms with Crippen molar-refractivity contribution in [2.24, 2.45) is 5.92 Å². The summed E-state index contributed by atoms with van der Waals surface area (Å²) in [6, 6.07) is 5.80. The maximum atomic E-state index is 15.4. The number of nitrogens with zero attached hydrogens (tertiary/aromatic N) is 1. The molecule has 0 bridgehead atoms. The number of aliphatic hydroxyl groups is 3. The van der Waals surface area contributed by atoms with Gasteiger partial charge in [0.25, 0.3) is 0 Å². The number of rotatable bonds is 7. The molecule has 0 radical (unpaired) electrons. The lowest BCUT2D eigenvalue weighted by molar-refractivity contribution is -0.185. The van der Waals surface area contributed by atoms with Crippen LogP contribution in [0.1, 0.15) is 33.2 Å². The van der Waals surface area contributed by atoms with Crippen molar-refractivity contribution >= 4 is 16.7 Å². The summed E-state index contributed by atoms with van der Waals surface area (Å²) in [6.45, 7) is 4.67. The Morgan fingerprint density at radius 1 is 1.23 bits per heavy atom. The summed E-state index contributed by atoms with van der Waals surface area (Å²) in [7, 11) is 0. The van der Waals surface area contributed by atoms with Crippen LogP contribution in [0.4, 0.5) is 4.39 Å². The molecule has 3 rings (SSSR count). The second kappa shape index (κ2) is 9.43. The highest BCUT2D eigenvalue weighted by Crippen LogP contribution is 2.36. The van der Waals surface area contributed by atoms with Gasteiger partial charge in [0.15, 0.2) is 0 Å². The number of fused-ring (bicyclic) bond motifs is 1. The average molecular weight is 422 g/mol. The number of alkyl halides is 1. The summed E-state index contributed by atoms with van der Waals surface area (Å²) in [5.41, 5.74) is 0. The van der Waals surface area contributed by atoms with Crippen LogP contribution in [0.25, 0.3) is 10.8 Å². The third-order valence-corrected chi connectivity index (χ3v) is 5.62. The van der Waals surface area contributed by atoms with Crippen molar-refractivity contribution in [3.05, 3.63) is 36.7 Å². The van der Waals surface area contributed by atoms with Crippen molar-refractivity contribution in [1.29, 1.82) is 0 Å². The number of hydrogen-bond donors (Lipinski definition) is 4. The smallest absolute Gasteiger partial charge is 0.220 e. The van der Waals surface area contributed by atoms with Crippen LogP contribution in [0.5, 0.6) is 0 Å². The third-order valence-electron chi connectivity index (χ3n) is 5.62. The van der Waals surface area contributed by atoms with Gasteiger partial charge in [0.05, 0.1) is 24.8 Å². The second-order valence-electron chi connectivity index (χ2n) is 8.51. The molecule has 0 saturated carbocycles. The molecule has 1 aromatic heterocycles. The van der Waals surface area contributed by atoms with Gasteiger partial charge in [0.1, 0.15) is 24.5 Å². The van der Waals surface area contributed by atoms with Crippen LogP contribution >= 0.6 is 0 Å². The summed E-state index contributed by atoms with van der Waals surface area (Å²) < 4.78 is 22.9. The summed E-state index contributed by atoms with van der Waals surface area (Å²) in [5, 5.41) is 34.6. The number of aliphatic hydroxyl groups excluding tert-OH is 3. The molecule has 1 aliphatic rings. The molecule has 1 aliphatic heterocycles. The minimum atomic E-state index is -1.50. The van der Waals surface area contributed by atoms with Crippen LogP contribution in [0.15, 0.2) is 36.7 Å². The molecule has 8 heteroatoms. The molecule has 4 N–H and O–H groups in total. The molecule has 2 aromatic rings. The molecule has 7 nitrogen and oxygen atoms in total. The van der Waals surface area contributed by atoms with E-state index in [0.29, 0.717) is 0 Å². The first-order valence-corrected chi connectivity index (χ1v) is 10.3. The Morgan fingerprint density at radius 2 is 1.83 bits per heavy atom. The Bertz CT molecular complexity index is 824. The van der Waals surface area contributed by atoms with E-state index < -0.39 is 49.3 Å². The standard InChI is InChI=1S/C22H31FN2O5/c1-12(2)8-17(28)24-19-20(25-9-14-6-4-5-7-15(14)10-25)18(23)13(3)30-22(19)21(29)16(27)11-26/h4-7,9-10,12-13,16,18-22,26-27,29H,8,11H2,1-3H3,(H,24,28)/t13?,16-,18?,19-,20+,21-,22-/m1/s1. The normalized spacial score (nSPS) is 29.1. The molecule has 1 fully saturated rings. The Kier molecular flexibility index (Phi) is 7.13. The Labute approximate surface area is 175 Å². The SMILES string of the molecule is CC(C)CC(=O)N[C@H]1[C@H]([C@H](O)[C@H](O)CO)OC(C)C(F)[C@@H]1n1cc2ccccc2c1. The van der Waals surface area contributed by atoms with Gasteiger partial charge >= 0.3 is 0 Å². The number of hydrogen-bond acceptors (Lipinski definition) is 5. The molecule has 2 unspecified atom stereocenters. The quantitative estimate of drug-likeness (QED) is 0.542. The van der Waals surface area contributed by atoms with Crippen molar-refractivity contribution in [1.82, 2.24) is 9.88 Å². The zero-order valence-electron chi connectivity index (χ0n) is 17.5. The zero-order valence-corrected chi connectivity index (χ0v) is 17.5. The largest absolute Gasteiger partial charge is 0.394 e. The lowest BCUT2D eigenvalue weighted by Gasteiger charge is -2.46. The van der Waals surface area contributed by atoms with Crippen LogP contribution in [-0.2, 0) is 9.53 Å². The summed E-state index contributed by atoms with van der Waals surface area (Å²) in [4.78, 5) is 12.6. The van der Waals surface area contributed by atoms with Gasteiger partial charge in [-0.2, -0.15) is 0 Å². The minimum Gasteiger partial charge on any atom is -0.394 e. The number of benzene rings is 1. The number of nitrogens with one attached hydrogen (secondary N) is 1. The molecule has 0 aliphatic carbocycles. The van der Waals surface area contributed by atoms with E-state index in [4.69, 9.17) is 4.74 Å². The predicted molar refractivity (Wildman–Crippen MR) is 111 cm³/mol. The zero-order chi connectivity index (χ0) is 22.0. The van der Waals surface area contributed by atoms with E-state index >= 15 is 4.39 Å². The van der Waals surface area contributed by atoms with Gasteiger partial charge in [-0.25, -0.2) is 4.39 Å². The van der Waals surface area contributed by atoms with Gasteiger partial charge in [-0.1, -0.05) is 38.1 Å². The van der Waals surface area contributed by atoms with Crippen molar-refractivity contribution in [2.75, 3.05) is 6.61 Å². The molecule has 1 amide bonds. The number of carbonyl (C=O) groups is 1. The Hall–Kier alpha value is -2.00. The van der Waals surface area contributed by atoms with Gasteiger partial charge in [0, 0.05) is 18.8 Å². The van der Waals surface area contributed by atoms with E-state index in [9.17, 15) is 20.1 Å². The molecular weight excluding hydrogens is 391 g/mol. The molecule has 0 spiro atoms. The number of aromatic nitrogens is 1. The molecule has 1 aromatic carbocycles. The molecule has 30 heavy (non-hydrogen) atoms. The Balaban J connectivity index is 2.02.